The maximum absolute atomic E-state index is 13.4. The number of aliphatic hydroxyl groups excluding tert-OH is 1. The van der Waals surface area contributed by atoms with E-state index >= 15 is 0 Å². The van der Waals surface area contributed by atoms with Gasteiger partial charge in [0.1, 0.15) is 5.82 Å². The van der Waals surface area contributed by atoms with Crippen LogP contribution in [0, 0.1) is 11.7 Å². The summed E-state index contributed by atoms with van der Waals surface area (Å²) in [4.78, 5) is 0. The van der Waals surface area contributed by atoms with E-state index in [1.807, 2.05) is 13.8 Å². The van der Waals surface area contributed by atoms with Gasteiger partial charge in [0.15, 0.2) is 0 Å². The SMILES string of the molecule is CC(C)[C@H](O)[C@H](N)c1cc(Cl)ccc1F.Cl. The number of hydrogen-bond donors (Lipinski definition) is 2. The van der Waals surface area contributed by atoms with Crippen molar-refractivity contribution in [1.29, 1.82) is 0 Å². The van der Waals surface area contributed by atoms with Gasteiger partial charge >= 0.3 is 0 Å². The molecule has 16 heavy (non-hydrogen) atoms. The molecule has 0 unspecified atom stereocenters. The summed E-state index contributed by atoms with van der Waals surface area (Å²) in [6.07, 6.45) is -0.780. The fourth-order valence-corrected chi connectivity index (χ4v) is 1.55. The molecule has 0 fully saturated rings. The van der Waals surface area contributed by atoms with Gasteiger partial charge in [-0.25, -0.2) is 4.39 Å². The van der Waals surface area contributed by atoms with E-state index in [-0.39, 0.29) is 23.9 Å². The van der Waals surface area contributed by atoms with E-state index in [0.717, 1.165) is 0 Å². The van der Waals surface area contributed by atoms with Crippen LogP contribution in [-0.4, -0.2) is 11.2 Å². The predicted octanol–water partition coefficient (Wildman–Crippen LogP) is 2.92. The van der Waals surface area contributed by atoms with Gasteiger partial charge in [0, 0.05) is 10.6 Å². The van der Waals surface area contributed by atoms with Gasteiger partial charge in [-0.2, -0.15) is 0 Å². The molecule has 0 saturated heterocycles. The molecule has 0 saturated carbocycles. The second kappa shape index (κ2) is 6.40. The second-order valence-corrected chi connectivity index (χ2v) is 4.36. The summed E-state index contributed by atoms with van der Waals surface area (Å²) in [6, 6.07) is 3.41. The molecular formula is C11H16Cl2FNO. The van der Waals surface area contributed by atoms with Crippen LogP contribution in [0.2, 0.25) is 5.02 Å². The van der Waals surface area contributed by atoms with Crippen LogP contribution in [0.5, 0.6) is 0 Å². The Hall–Kier alpha value is -0.350. The first-order chi connectivity index (χ1) is 6.93. The summed E-state index contributed by atoms with van der Waals surface area (Å²) in [7, 11) is 0. The monoisotopic (exact) mass is 267 g/mol. The largest absolute Gasteiger partial charge is 0.391 e. The summed E-state index contributed by atoms with van der Waals surface area (Å²) in [5.41, 5.74) is 6.01. The maximum atomic E-state index is 13.4. The molecule has 0 bridgehead atoms. The molecule has 0 aliphatic heterocycles. The number of benzene rings is 1. The minimum Gasteiger partial charge on any atom is -0.391 e. The van der Waals surface area contributed by atoms with Crippen LogP contribution >= 0.6 is 24.0 Å². The molecule has 1 rings (SSSR count). The number of hydrogen-bond acceptors (Lipinski definition) is 2. The molecule has 1 aromatic carbocycles. The first-order valence-electron chi connectivity index (χ1n) is 4.82. The Morgan fingerprint density at radius 2 is 1.94 bits per heavy atom. The van der Waals surface area contributed by atoms with E-state index in [0.29, 0.717) is 5.02 Å². The van der Waals surface area contributed by atoms with E-state index in [2.05, 4.69) is 0 Å². The lowest BCUT2D eigenvalue weighted by atomic mass is 9.94. The summed E-state index contributed by atoms with van der Waals surface area (Å²) in [5, 5.41) is 10.1. The van der Waals surface area contributed by atoms with E-state index in [1.54, 1.807) is 0 Å². The zero-order valence-electron chi connectivity index (χ0n) is 9.15. The lowest BCUT2D eigenvalue weighted by Crippen LogP contribution is -2.31. The van der Waals surface area contributed by atoms with Crippen LogP contribution in [0.4, 0.5) is 4.39 Å². The maximum Gasteiger partial charge on any atom is 0.128 e. The lowest BCUT2D eigenvalue weighted by molar-refractivity contribution is 0.0966. The Balaban J connectivity index is 0.00000225. The molecule has 0 radical (unpaired) electrons. The molecule has 92 valence electrons. The molecule has 0 aliphatic carbocycles. The van der Waals surface area contributed by atoms with Crippen LogP contribution in [0.25, 0.3) is 0 Å². The van der Waals surface area contributed by atoms with Gasteiger partial charge in [-0.1, -0.05) is 25.4 Å². The van der Waals surface area contributed by atoms with Crippen LogP contribution < -0.4 is 5.73 Å². The van der Waals surface area contributed by atoms with Gasteiger partial charge in [-0.3, -0.25) is 0 Å². The van der Waals surface area contributed by atoms with Crippen molar-refractivity contribution in [3.05, 3.63) is 34.6 Å². The molecule has 0 aliphatic rings. The number of halogens is 3. The topological polar surface area (TPSA) is 46.2 Å². The third kappa shape index (κ3) is 3.59. The van der Waals surface area contributed by atoms with Crippen molar-refractivity contribution >= 4 is 24.0 Å². The average Bonchev–Trinajstić information content (AvgIpc) is 2.19. The van der Waals surface area contributed by atoms with Crippen molar-refractivity contribution in [3.63, 3.8) is 0 Å². The van der Waals surface area contributed by atoms with Gasteiger partial charge in [0.2, 0.25) is 0 Å². The molecule has 2 atom stereocenters. The average molecular weight is 268 g/mol. The molecule has 0 amide bonds. The zero-order valence-corrected chi connectivity index (χ0v) is 10.7. The minimum atomic E-state index is -0.780. The number of rotatable bonds is 3. The first-order valence-corrected chi connectivity index (χ1v) is 5.20. The summed E-state index contributed by atoms with van der Waals surface area (Å²) >= 11 is 5.74. The molecule has 0 aromatic heterocycles. The molecule has 1 aromatic rings. The normalized spacial score (nSPS) is 14.4. The van der Waals surface area contributed by atoms with Crippen molar-refractivity contribution in [2.45, 2.75) is 26.0 Å². The Bertz CT molecular complexity index is 347. The van der Waals surface area contributed by atoms with Crippen LogP contribution in [-0.2, 0) is 0 Å². The fourth-order valence-electron chi connectivity index (χ4n) is 1.37. The number of aliphatic hydroxyl groups is 1. The third-order valence-electron chi connectivity index (χ3n) is 2.37. The van der Waals surface area contributed by atoms with E-state index in [4.69, 9.17) is 17.3 Å². The van der Waals surface area contributed by atoms with Gasteiger partial charge in [0.25, 0.3) is 0 Å². The quantitative estimate of drug-likeness (QED) is 0.885. The zero-order chi connectivity index (χ0) is 11.6. The predicted molar refractivity (Wildman–Crippen MR) is 66.4 cm³/mol. The van der Waals surface area contributed by atoms with Gasteiger partial charge < -0.3 is 10.8 Å². The smallest absolute Gasteiger partial charge is 0.128 e. The van der Waals surface area contributed by atoms with Crippen LogP contribution in [0.3, 0.4) is 0 Å². The Kier molecular flexibility index (Phi) is 6.26. The van der Waals surface area contributed by atoms with Crippen LogP contribution in [0.1, 0.15) is 25.5 Å². The van der Waals surface area contributed by atoms with Gasteiger partial charge in [0.05, 0.1) is 12.1 Å². The highest BCUT2D eigenvalue weighted by Gasteiger charge is 2.22. The second-order valence-electron chi connectivity index (χ2n) is 3.93. The minimum absolute atomic E-state index is 0. The van der Waals surface area contributed by atoms with Gasteiger partial charge in [-0.05, 0) is 24.1 Å². The molecule has 0 heterocycles. The van der Waals surface area contributed by atoms with Gasteiger partial charge in [-0.15, -0.1) is 12.4 Å². The van der Waals surface area contributed by atoms with Crippen molar-refractivity contribution < 1.29 is 9.50 Å². The molecule has 0 spiro atoms. The van der Waals surface area contributed by atoms with Crippen LogP contribution in [0.15, 0.2) is 18.2 Å². The van der Waals surface area contributed by atoms with Crippen molar-refractivity contribution in [2.75, 3.05) is 0 Å². The summed E-state index contributed by atoms with van der Waals surface area (Å²) < 4.78 is 13.4. The molecule has 3 N–H and O–H groups in total. The highest BCUT2D eigenvalue weighted by atomic mass is 35.5. The molecule has 5 heteroatoms. The highest BCUT2D eigenvalue weighted by molar-refractivity contribution is 6.30. The standard InChI is InChI=1S/C11H15ClFNO.ClH/c1-6(2)11(15)10(14)8-5-7(12)3-4-9(8)13;/h3-6,10-11,15H,14H2,1-2H3;1H/t10-,11+;/m1./s1. The fraction of sp³-hybridized carbons (Fsp3) is 0.455. The molecular weight excluding hydrogens is 252 g/mol. The Labute approximate surface area is 106 Å². The van der Waals surface area contributed by atoms with Crippen molar-refractivity contribution in [2.24, 2.45) is 11.7 Å². The number of nitrogens with two attached hydrogens (primary N) is 1. The summed E-state index contributed by atoms with van der Waals surface area (Å²) in [6.45, 7) is 3.65. The Morgan fingerprint density at radius 3 is 2.44 bits per heavy atom. The Morgan fingerprint density at radius 1 is 1.38 bits per heavy atom. The first kappa shape index (κ1) is 15.7. The van der Waals surface area contributed by atoms with E-state index < -0.39 is 18.0 Å². The van der Waals surface area contributed by atoms with Crippen molar-refractivity contribution in [1.82, 2.24) is 0 Å². The third-order valence-corrected chi connectivity index (χ3v) is 2.60. The summed E-state index contributed by atoms with van der Waals surface area (Å²) in [5.74, 6) is -0.468. The lowest BCUT2D eigenvalue weighted by Gasteiger charge is -2.22. The highest BCUT2D eigenvalue weighted by Crippen LogP contribution is 2.24. The van der Waals surface area contributed by atoms with E-state index in [1.165, 1.54) is 18.2 Å². The molecule has 2 nitrogen and oxygen atoms in total. The van der Waals surface area contributed by atoms with E-state index in [9.17, 15) is 9.50 Å². The van der Waals surface area contributed by atoms with Crippen molar-refractivity contribution in [3.8, 4) is 0 Å².